The third-order valence-electron chi connectivity index (χ3n) is 5.90. The van der Waals surface area contributed by atoms with Gasteiger partial charge in [0.1, 0.15) is 5.57 Å². The number of rotatable bonds is 3. The van der Waals surface area contributed by atoms with E-state index in [1.54, 1.807) is 12.1 Å². The molecule has 2 aromatic carbocycles. The molecule has 0 radical (unpaired) electrons. The van der Waals surface area contributed by atoms with Crippen LogP contribution in [0.1, 0.15) is 22.5 Å². The third kappa shape index (κ3) is 3.52. The van der Waals surface area contributed by atoms with Gasteiger partial charge in [-0.1, -0.05) is 17.7 Å². The minimum absolute atomic E-state index is 0.151. The fraction of sp³-hybridized carbons (Fsp3) is 0.160. The number of amides is 4. The lowest BCUT2D eigenvalue weighted by molar-refractivity contribution is -0.122. The Kier molecular flexibility index (Phi) is 5.17. The molecule has 8 nitrogen and oxygen atoms in total. The molecule has 0 aliphatic carbocycles. The van der Waals surface area contributed by atoms with Crippen molar-refractivity contribution in [2.75, 3.05) is 11.7 Å². The summed E-state index contributed by atoms with van der Waals surface area (Å²) < 4.78 is 12.9. The molecule has 0 unspecified atom stereocenters. The normalized spacial score (nSPS) is 16.4. The molecule has 9 heteroatoms. The van der Waals surface area contributed by atoms with Gasteiger partial charge < -0.3 is 14.0 Å². The molecule has 0 bridgehead atoms. The average molecular weight is 478 g/mol. The Labute approximate surface area is 200 Å². The van der Waals surface area contributed by atoms with Crippen molar-refractivity contribution >= 4 is 41.2 Å². The molecular formula is C25H20ClN3O5. The molecule has 3 aromatic rings. The number of carbonyl (C=O) groups excluding carboxylic acids is 3. The molecule has 2 aliphatic heterocycles. The number of barbiturate groups is 1. The summed E-state index contributed by atoms with van der Waals surface area (Å²) in [5.41, 5.74) is 4.17. The highest BCUT2D eigenvalue weighted by Gasteiger charge is 2.37. The summed E-state index contributed by atoms with van der Waals surface area (Å²) in [6.45, 7) is 5.80. The molecule has 0 spiro atoms. The van der Waals surface area contributed by atoms with Crippen LogP contribution in [0.2, 0.25) is 5.02 Å². The highest BCUT2D eigenvalue weighted by atomic mass is 35.5. The van der Waals surface area contributed by atoms with Gasteiger partial charge in [-0.15, -0.1) is 0 Å². The van der Waals surface area contributed by atoms with E-state index in [0.29, 0.717) is 22.1 Å². The fourth-order valence-corrected chi connectivity index (χ4v) is 4.30. The number of urea groups is 1. The Bertz CT molecular complexity index is 1420. The SMILES string of the molecule is Cc1ccc(N2C(=O)NC(=O)C(=Cc3cc(C)n(-c4ccc5c(c4)OCO5)c3C)C2=O)cc1Cl. The summed E-state index contributed by atoms with van der Waals surface area (Å²) in [4.78, 5) is 39.3. The first-order valence-corrected chi connectivity index (χ1v) is 10.9. The van der Waals surface area contributed by atoms with E-state index >= 15 is 0 Å². The molecule has 172 valence electrons. The lowest BCUT2D eigenvalue weighted by atomic mass is 10.1. The van der Waals surface area contributed by atoms with Crippen molar-refractivity contribution in [3.63, 3.8) is 0 Å². The number of aryl methyl sites for hydroxylation is 2. The van der Waals surface area contributed by atoms with Crippen molar-refractivity contribution in [2.24, 2.45) is 0 Å². The molecule has 3 heterocycles. The van der Waals surface area contributed by atoms with Gasteiger partial charge in [-0.3, -0.25) is 14.9 Å². The van der Waals surface area contributed by atoms with Gasteiger partial charge in [0, 0.05) is 28.2 Å². The molecule has 1 N–H and O–H groups in total. The van der Waals surface area contributed by atoms with Gasteiger partial charge in [-0.05, 0) is 68.3 Å². The molecule has 2 aliphatic rings. The number of carbonyl (C=O) groups is 3. The standard InChI is InChI=1S/C25H20ClN3O5/c1-13-4-5-17(10-20(13)26)29-24(31)19(23(30)27-25(29)32)9-16-8-14(2)28(15(16)3)18-6-7-21-22(11-18)34-12-33-21/h4-11H,12H2,1-3H3,(H,27,30,32). The molecule has 34 heavy (non-hydrogen) atoms. The number of hydrogen-bond donors (Lipinski definition) is 1. The zero-order chi connectivity index (χ0) is 24.1. The van der Waals surface area contributed by atoms with E-state index in [0.717, 1.165) is 27.5 Å². The predicted octanol–water partition coefficient (Wildman–Crippen LogP) is 4.45. The van der Waals surface area contributed by atoms with Crippen molar-refractivity contribution in [3.05, 3.63) is 75.6 Å². The van der Waals surface area contributed by atoms with Gasteiger partial charge >= 0.3 is 6.03 Å². The molecule has 1 aromatic heterocycles. The van der Waals surface area contributed by atoms with E-state index in [1.807, 2.05) is 49.6 Å². The van der Waals surface area contributed by atoms with Crippen LogP contribution in [0.25, 0.3) is 11.8 Å². The number of anilines is 1. The predicted molar refractivity (Wildman–Crippen MR) is 127 cm³/mol. The van der Waals surface area contributed by atoms with E-state index < -0.39 is 17.8 Å². The van der Waals surface area contributed by atoms with Gasteiger partial charge in [0.25, 0.3) is 11.8 Å². The largest absolute Gasteiger partial charge is 0.454 e. The van der Waals surface area contributed by atoms with Crippen LogP contribution in [-0.2, 0) is 9.59 Å². The Morgan fingerprint density at radius 3 is 2.44 bits per heavy atom. The topological polar surface area (TPSA) is 89.9 Å². The maximum Gasteiger partial charge on any atom is 0.335 e. The Hall–Kier alpha value is -4.04. The van der Waals surface area contributed by atoms with Gasteiger partial charge in [0.2, 0.25) is 6.79 Å². The maximum absolute atomic E-state index is 13.2. The molecule has 5 rings (SSSR count). The van der Waals surface area contributed by atoms with Gasteiger partial charge in [0.05, 0.1) is 5.69 Å². The van der Waals surface area contributed by atoms with Gasteiger partial charge in [-0.25, -0.2) is 9.69 Å². The summed E-state index contributed by atoms with van der Waals surface area (Å²) in [7, 11) is 0. The first-order chi connectivity index (χ1) is 16.2. The first-order valence-electron chi connectivity index (χ1n) is 10.5. The van der Waals surface area contributed by atoms with Crippen molar-refractivity contribution in [2.45, 2.75) is 20.8 Å². The third-order valence-corrected chi connectivity index (χ3v) is 6.31. The van der Waals surface area contributed by atoms with Crippen LogP contribution < -0.4 is 19.7 Å². The van der Waals surface area contributed by atoms with Gasteiger partial charge in [0.15, 0.2) is 11.5 Å². The minimum Gasteiger partial charge on any atom is -0.454 e. The second-order valence-corrected chi connectivity index (χ2v) is 8.50. The minimum atomic E-state index is -0.821. The van der Waals surface area contributed by atoms with E-state index in [-0.39, 0.29) is 18.1 Å². The summed E-state index contributed by atoms with van der Waals surface area (Å²) in [6, 6.07) is 11.5. The van der Waals surface area contributed by atoms with Crippen LogP contribution in [0.15, 0.2) is 48.0 Å². The van der Waals surface area contributed by atoms with Crippen molar-refractivity contribution in [1.82, 2.24) is 9.88 Å². The van der Waals surface area contributed by atoms with Crippen LogP contribution >= 0.6 is 11.6 Å². The number of ether oxygens (including phenoxy) is 2. The Morgan fingerprint density at radius 1 is 0.941 bits per heavy atom. The smallest absolute Gasteiger partial charge is 0.335 e. The molecule has 4 amide bonds. The highest BCUT2D eigenvalue weighted by Crippen LogP contribution is 2.35. The number of halogens is 1. The molecule has 0 saturated carbocycles. The van der Waals surface area contributed by atoms with Crippen LogP contribution in [0, 0.1) is 20.8 Å². The molecular weight excluding hydrogens is 458 g/mol. The van der Waals surface area contributed by atoms with Crippen LogP contribution in [0.5, 0.6) is 11.5 Å². The number of hydrogen-bond acceptors (Lipinski definition) is 5. The average Bonchev–Trinajstić information content (AvgIpc) is 3.36. The fourth-order valence-electron chi connectivity index (χ4n) is 4.12. The highest BCUT2D eigenvalue weighted by molar-refractivity contribution is 6.39. The number of imide groups is 2. The van der Waals surface area contributed by atoms with Crippen LogP contribution in [-0.4, -0.2) is 29.2 Å². The zero-order valence-corrected chi connectivity index (χ0v) is 19.4. The van der Waals surface area contributed by atoms with Crippen molar-refractivity contribution in [3.8, 4) is 17.2 Å². The molecule has 1 saturated heterocycles. The Morgan fingerprint density at radius 2 is 1.68 bits per heavy atom. The maximum atomic E-state index is 13.2. The second-order valence-electron chi connectivity index (χ2n) is 8.09. The first kappa shape index (κ1) is 21.8. The number of nitrogens with zero attached hydrogens (tertiary/aromatic N) is 2. The lowest BCUT2D eigenvalue weighted by Gasteiger charge is -2.26. The summed E-state index contributed by atoms with van der Waals surface area (Å²) in [6.07, 6.45) is 1.50. The molecule has 1 fully saturated rings. The van der Waals surface area contributed by atoms with Crippen molar-refractivity contribution in [1.29, 1.82) is 0 Å². The van der Waals surface area contributed by atoms with E-state index in [1.165, 1.54) is 12.1 Å². The van der Waals surface area contributed by atoms with Gasteiger partial charge in [-0.2, -0.15) is 0 Å². The van der Waals surface area contributed by atoms with E-state index in [2.05, 4.69) is 5.32 Å². The van der Waals surface area contributed by atoms with E-state index in [9.17, 15) is 14.4 Å². The summed E-state index contributed by atoms with van der Waals surface area (Å²) in [5, 5.41) is 2.65. The number of nitrogens with one attached hydrogen (secondary N) is 1. The zero-order valence-electron chi connectivity index (χ0n) is 18.6. The molecule has 0 atom stereocenters. The van der Waals surface area contributed by atoms with E-state index in [4.69, 9.17) is 21.1 Å². The number of aromatic nitrogens is 1. The lowest BCUT2D eigenvalue weighted by Crippen LogP contribution is -2.54. The monoisotopic (exact) mass is 477 g/mol. The quantitative estimate of drug-likeness (QED) is 0.444. The Balaban J connectivity index is 1.54. The van der Waals surface area contributed by atoms with Crippen molar-refractivity contribution < 1.29 is 23.9 Å². The summed E-state index contributed by atoms with van der Waals surface area (Å²) in [5.74, 6) is -0.143. The summed E-state index contributed by atoms with van der Waals surface area (Å²) >= 11 is 6.19. The van der Waals surface area contributed by atoms with Crippen LogP contribution in [0.4, 0.5) is 10.5 Å². The second kappa shape index (κ2) is 8.07. The number of fused-ring (bicyclic) bond motifs is 1. The number of benzene rings is 2. The van der Waals surface area contributed by atoms with Crippen LogP contribution in [0.3, 0.4) is 0 Å².